The summed E-state index contributed by atoms with van der Waals surface area (Å²) in [6.07, 6.45) is 1.54. The number of sulfonamides is 1. The molecule has 31 heavy (non-hydrogen) atoms. The summed E-state index contributed by atoms with van der Waals surface area (Å²) in [7, 11) is -4.04. The van der Waals surface area contributed by atoms with Gasteiger partial charge in [0.1, 0.15) is 27.8 Å². The molecule has 1 aliphatic heterocycles. The van der Waals surface area contributed by atoms with E-state index in [1.807, 2.05) is 0 Å². The van der Waals surface area contributed by atoms with Crippen LogP contribution in [-0.2, 0) is 19.6 Å². The van der Waals surface area contributed by atoms with Crippen molar-refractivity contribution in [2.45, 2.75) is 30.2 Å². The van der Waals surface area contributed by atoms with E-state index in [1.54, 1.807) is 12.1 Å². The number of esters is 1. The van der Waals surface area contributed by atoms with Gasteiger partial charge in [-0.1, -0.05) is 6.07 Å². The van der Waals surface area contributed by atoms with Crippen LogP contribution in [0.25, 0.3) is 11.0 Å². The minimum Gasteiger partial charge on any atom is -0.456 e. The Labute approximate surface area is 182 Å². The number of Topliss-reactive ketones (excluding diaryl/α,β-unsaturated/α-hetero) is 1. The van der Waals surface area contributed by atoms with Gasteiger partial charge in [0.05, 0.1) is 11.7 Å². The van der Waals surface area contributed by atoms with Crippen molar-refractivity contribution in [3.05, 3.63) is 53.8 Å². The van der Waals surface area contributed by atoms with Crippen LogP contribution in [0.1, 0.15) is 29.6 Å². The number of nitrogens with zero attached hydrogens (tertiary/aromatic N) is 3. The van der Waals surface area contributed by atoms with Crippen molar-refractivity contribution < 1.29 is 27.1 Å². The third-order valence-corrected chi connectivity index (χ3v) is 7.56. The molecule has 1 saturated heterocycles. The van der Waals surface area contributed by atoms with E-state index in [2.05, 4.69) is 8.75 Å². The summed E-state index contributed by atoms with van der Waals surface area (Å²) in [6.45, 7) is -0.400. The molecule has 162 valence electrons. The Morgan fingerprint density at radius 2 is 1.90 bits per heavy atom. The second kappa shape index (κ2) is 8.77. The first kappa shape index (κ1) is 21.5. The maximum absolute atomic E-state index is 13.4. The Balaban J connectivity index is 1.53. The molecule has 2 aromatic carbocycles. The molecule has 0 aliphatic carbocycles. The Morgan fingerprint density at radius 1 is 1.13 bits per heavy atom. The summed E-state index contributed by atoms with van der Waals surface area (Å²) in [5, 5.41) is 0. The number of carbonyl (C=O) groups excluding carboxylic acids is 2. The molecule has 3 aromatic rings. The first-order valence-electron chi connectivity index (χ1n) is 9.56. The molecule has 0 radical (unpaired) electrons. The standard InChI is InChI=1S/C20H18FN3O5S2/c21-14-9-7-13(8-10-14)17(25)12-29-20(26)16-5-1-2-11-24(16)31(27,28)18-6-3-4-15-19(18)23-30-22-15/h3-4,6-10,16H,1-2,5,11-12H2. The maximum Gasteiger partial charge on any atom is 0.324 e. The van der Waals surface area contributed by atoms with Gasteiger partial charge in [0.25, 0.3) is 0 Å². The van der Waals surface area contributed by atoms with Gasteiger partial charge in [0.15, 0.2) is 12.4 Å². The van der Waals surface area contributed by atoms with Crippen LogP contribution in [0.2, 0.25) is 0 Å². The van der Waals surface area contributed by atoms with Gasteiger partial charge in [-0.15, -0.1) is 0 Å². The van der Waals surface area contributed by atoms with Gasteiger partial charge in [-0.25, -0.2) is 12.8 Å². The van der Waals surface area contributed by atoms with E-state index in [1.165, 1.54) is 18.2 Å². The molecule has 8 nitrogen and oxygen atoms in total. The zero-order valence-corrected chi connectivity index (χ0v) is 17.9. The third kappa shape index (κ3) is 4.34. The van der Waals surface area contributed by atoms with Gasteiger partial charge in [0, 0.05) is 12.1 Å². The lowest BCUT2D eigenvalue weighted by Crippen LogP contribution is -2.48. The average Bonchev–Trinajstić information content (AvgIpc) is 3.26. The van der Waals surface area contributed by atoms with E-state index in [0.29, 0.717) is 18.4 Å². The highest BCUT2D eigenvalue weighted by atomic mass is 32.2. The van der Waals surface area contributed by atoms with E-state index in [-0.39, 0.29) is 28.9 Å². The summed E-state index contributed by atoms with van der Waals surface area (Å²) < 4.78 is 54.2. The number of hydrogen-bond acceptors (Lipinski definition) is 8. The molecule has 2 heterocycles. The molecule has 0 N–H and O–H groups in total. The summed E-state index contributed by atoms with van der Waals surface area (Å²) in [5.74, 6) is -1.78. The number of aromatic nitrogens is 2. The number of ether oxygens (including phenoxy) is 1. The van der Waals surface area contributed by atoms with Crippen molar-refractivity contribution in [1.82, 2.24) is 13.1 Å². The minimum absolute atomic E-state index is 0.0131. The van der Waals surface area contributed by atoms with E-state index in [4.69, 9.17) is 4.74 Å². The molecule has 1 unspecified atom stereocenters. The number of rotatable bonds is 6. The molecule has 1 aromatic heterocycles. The van der Waals surface area contributed by atoms with Crippen LogP contribution in [-0.4, -0.2) is 52.4 Å². The fraction of sp³-hybridized carbons (Fsp3) is 0.300. The lowest BCUT2D eigenvalue weighted by atomic mass is 10.1. The smallest absolute Gasteiger partial charge is 0.324 e. The Morgan fingerprint density at radius 3 is 2.68 bits per heavy atom. The first-order chi connectivity index (χ1) is 14.9. The highest BCUT2D eigenvalue weighted by Crippen LogP contribution is 2.29. The normalized spacial score (nSPS) is 17.5. The molecule has 0 saturated carbocycles. The van der Waals surface area contributed by atoms with Gasteiger partial charge < -0.3 is 4.74 Å². The van der Waals surface area contributed by atoms with Crippen LogP contribution in [0.3, 0.4) is 0 Å². The molecule has 1 atom stereocenters. The molecule has 0 spiro atoms. The van der Waals surface area contributed by atoms with Crippen molar-refractivity contribution >= 4 is 44.5 Å². The third-order valence-electron chi connectivity index (χ3n) is 5.07. The number of hydrogen-bond donors (Lipinski definition) is 0. The number of piperidine rings is 1. The van der Waals surface area contributed by atoms with Gasteiger partial charge in [-0.05, 0) is 55.7 Å². The number of ketones is 1. The molecule has 1 fully saturated rings. The zero-order chi connectivity index (χ0) is 22.0. The first-order valence-corrected chi connectivity index (χ1v) is 11.7. The predicted molar refractivity (Wildman–Crippen MR) is 111 cm³/mol. The van der Waals surface area contributed by atoms with Crippen LogP contribution >= 0.6 is 11.7 Å². The fourth-order valence-corrected chi connectivity index (χ4v) is 5.90. The van der Waals surface area contributed by atoms with Crippen molar-refractivity contribution in [2.24, 2.45) is 0 Å². The minimum atomic E-state index is -4.04. The molecule has 0 amide bonds. The molecule has 0 bridgehead atoms. The fourth-order valence-electron chi connectivity index (χ4n) is 3.50. The molecule has 1 aliphatic rings. The van der Waals surface area contributed by atoms with Crippen molar-refractivity contribution in [1.29, 1.82) is 0 Å². The molecule has 4 rings (SSSR count). The summed E-state index contributed by atoms with van der Waals surface area (Å²) in [6, 6.07) is 8.51. The van der Waals surface area contributed by atoms with Gasteiger partial charge >= 0.3 is 5.97 Å². The van der Waals surface area contributed by atoms with Crippen molar-refractivity contribution in [3.63, 3.8) is 0 Å². The quantitative estimate of drug-likeness (QED) is 0.409. The van der Waals surface area contributed by atoms with Crippen LogP contribution in [0.5, 0.6) is 0 Å². The Kier molecular flexibility index (Phi) is 6.08. The second-order valence-electron chi connectivity index (χ2n) is 7.05. The highest BCUT2D eigenvalue weighted by molar-refractivity contribution is 7.89. The SMILES string of the molecule is O=C(COC(=O)C1CCCCN1S(=O)(=O)c1cccc2nsnc12)c1ccc(F)cc1. The van der Waals surface area contributed by atoms with Crippen molar-refractivity contribution in [2.75, 3.05) is 13.2 Å². The van der Waals surface area contributed by atoms with Gasteiger partial charge in [-0.2, -0.15) is 13.1 Å². The van der Waals surface area contributed by atoms with E-state index in [0.717, 1.165) is 28.2 Å². The van der Waals surface area contributed by atoms with E-state index < -0.39 is 40.2 Å². The summed E-state index contributed by atoms with van der Waals surface area (Å²) in [4.78, 5) is 24.9. The van der Waals surface area contributed by atoms with Crippen LogP contribution in [0.4, 0.5) is 4.39 Å². The van der Waals surface area contributed by atoms with Crippen LogP contribution in [0, 0.1) is 5.82 Å². The zero-order valence-electron chi connectivity index (χ0n) is 16.2. The Bertz CT molecular complexity index is 1230. The average molecular weight is 464 g/mol. The van der Waals surface area contributed by atoms with Gasteiger partial charge in [0.2, 0.25) is 10.0 Å². The summed E-state index contributed by atoms with van der Waals surface area (Å²) >= 11 is 0.911. The van der Waals surface area contributed by atoms with Crippen LogP contribution in [0.15, 0.2) is 47.4 Å². The van der Waals surface area contributed by atoms with Crippen LogP contribution < -0.4 is 0 Å². The molecular formula is C20H18FN3O5S2. The lowest BCUT2D eigenvalue weighted by Gasteiger charge is -2.32. The number of carbonyl (C=O) groups is 2. The largest absolute Gasteiger partial charge is 0.456 e. The number of benzene rings is 2. The lowest BCUT2D eigenvalue weighted by molar-refractivity contribution is -0.148. The predicted octanol–water partition coefficient (Wildman–Crippen LogP) is 2.80. The number of fused-ring (bicyclic) bond motifs is 1. The van der Waals surface area contributed by atoms with E-state index in [9.17, 15) is 22.4 Å². The maximum atomic E-state index is 13.4. The van der Waals surface area contributed by atoms with E-state index >= 15 is 0 Å². The summed E-state index contributed by atoms with van der Waals surface area (Å²) in [5.41, 5.74) is 0.925. The topological polar surface area (TPSA) is 107 Å². The monoisotopic (exact) mass is 463 g/mol. The molecule has 11 heteroatoms. The van der Waals surface area contributed by atoms with Crippen molar-refractivity contribution in [3.8, 4) is 0 Å². The second-order valence-corrected chi connectivity index (χ2v) is 9.44. The molecular weight excluding hydrogens is 445 g/mol. The highest BCUT2D eigenvalue weighted by Gasteiger charge is 2.39. The van der Waals surface area contributed by atoms with Gasteiger partial charge in [-0.3, -0.25) is 9.59 Å². The number of halogens is 1. The Hall–Kier alpha value is -2.76.